The molecule has 2 heterocycles. The smallest absolute Gasteiger partial charge is 0.410 e. The number of likely N-dealkylation sites (tertiary alicyclic amines) is 1. The number of fused-ring (bicyclic) bond motifs is 1. The van der Waals surface area contributed by atoms with Crippen molar-refractivity contribution >= 4 is 22.9 Å². The Morgan fingerprint density at radius 2 is 2.04 bits per heavy atom. The van der Waals surface area contributed by atoms with E-state index in [2.05, 4.69) is 5.10 Å². The van der Waals surface area contributed by atoms with Crippen molar-refractivity contribution in [3.8, 4) is 0 Å². The SMILES string of the molecule is Cn1nc([C@@H]2CCN(C(=O)OC(C)(C)C)C2)c2cc(C(N)=O)ccc21. The van der Waals surface area contributed by atoms with Crippen molar-refractivity contribution in [1.82, 2.24) is 14.7 Å². The molecule has 0 saturated carbocycles. The average Bonchev–Trinajstić information content (AvgIpc) is 3.10. The molecule has 2 amide bonds. The van der Waals surface area contributed by atoms with E-state index < -0.39 is 11.5 Å². The number of hydrogen-bond donors (Lipinski definition) is 1. The molecule has 1 aliphatic heterocycles. The second-order valence-electron chi connectivity index (χ2n) is 7.52. The monoisotopic (exact) mass is 344 g/mol. The van der Waals surface area contributed by atoms with E-state index in [-0.39, 0.29) is 12.0 Å². The summed E-state index contributed by atoms with van der Waals surface area (Å²) in [4.78, 5) is 25.5. The highest BCUT2D eigenvalue weighted by molar-refractivity contribution is 5.97. The highest BCUT2D eigenvalue weighted by Crippen LogP contribution is 2.32. The van der Waals surface area contributed by atoms with Gasteiger partial charge < -0.3 is 15.4 Å². The fraction of sp³-hybridized carbons (Fsp3) is 0.500. The van der Waals surface area contributed by atoms with Crippen molar-refractivity contribution in [1.29, 1.82) is 0 Å². The van der Waals surface area contributed by atoms with Crippen LogP contribution in [0.4, 0.5) is 4.79 Å². The first kappa shape index (κ1) is 17.3. The van der Waals surface area contributed by atoms with Crippen LogP contribution in [0.2, 0.25) is 0 Å². The average molecular weight is 344 g/mol. The molecule has 1 aliphatic rings. The molecule has 1 aromatic heterocycles. The summed E-state index contributed by atoms with van der Waals surface area (Å²) >= 11 is 0. The van der Waals surface area contributed by atoms with Gasteiger partial charge in [-0.15, -0.1) is 0 Å². The summed E-state index contributed by atoms with van der Waals surface area (Å²) < 4.78 is 7.25. The van der Waals surface area contributed by atoms with Crippen LogP contribution in [-0.2, 0) is 11.8 Å². The van der Waals surface area contributed by atoms with Crippen LogP contribution in [0.15, 0.2) is 18.2 Å². The highest BCUT2D eigenvalue weighted by atomic mass is 16.6. The van der Waals surface area contributed by atoms with Gasteiger partial charge in [-0.25, -0.2) is 4.79 Å². The van der Waals surface area contributed by atoms with Gasteiger partial charge in [-0.3, -0.25) is 9.48 Å². The lowest BCUT2D eigenvalue weighted by Crippen LogP contribution is -2.35. The predicted molar refractivity (Wildman–Crippen MR) is 94.4 cm³/mol. The molecule has 3 rings (SSSR count). The standard InChI is InChI=1S/C18H24N4O3/c1-18(2,3)25-17(24)22-8-7-12(10-22)15-13-9-11(16(19)23)5-6-14(13)21(4)20-15/h5-6,9,12H,7-8,10H2,1-4H3,(H2,19,23)/t12-/m1/s1. The van der Waals surface area contributed by atoms with Crippen LogP contribution in [0.25, 0.3) is 10.9 Å². The molecular weight excluding hydrogens is 320 g/mol. The first-order valence-electron chi connectivity index (χ1n) is 8.40. The summed E-state index contributed by atoms with van der Waals surface area (Å²) in [7, 11) is 1.87. The van der Waals surface area contributed by atoms with Crippen LogP contribution in [0.1, 0.15) is 49.2 Å². The van der Waals surface area contributed by atoms with Crippen LogP contribution >= 0.6 is 0 Å². The Balaban J connectivity index is 1.86. The Morgan fingerprint density at radius 3 is 2.68 bits per heavy atom. The molecule has 1 aromatic carbocycles. The summed E-state index contributed by atoms with van der Waals surface area (Å²) in [5, 5.41) is 5.54. The topological polar surface area (TPSA) is 90.4 Å². The Labute approximate surface area is 146 Å². The molecule has 2 aromatic rings. The molecule has 2 N–H and O–H groups in total. The lowest BCUT2D eigenvalue weighted by molar-refractivity contribution is 0.0292. The van der Waals surface area contributed by atoms with Gasteiger partial charge in [0.2, 0.25) is 5.91 Å². The van der Waals surface area contributed by atoms with Gasteiger partial charge in [0.15, 0.2) is 0 Å². The summed E-state index contributed by atoms with van der Waals surface area (Å²) in [5.41, 5.74) is 7.19. The van der Waals surface area contributed by atoms with Gasteiger partial charge in [-0.05, 0) is 45.4 Å². The van der Waals surface area contributed by atoms with E-state index in [9.17, 15) is 9.59 Å². The number of hydrogen-bond acceptors (Lipinski definition) is 4. The summed E-state index contributed by atoms with van der Waals surface area (Å²) in [6.07, 6.45) is 0.514. The molecule has 25 heavy (non-hydrogen) atoms. The van der Waals surface area contributed by atoms with Crippen LogP contribution in [0, 0.1) is 0 Å². The Hall–Kier alpha value is -2.57. The second kappa shape index (κ2) is 6.06. The van der Waals surface area contributed by atoms with E-state index >= 15 is 0 Å². The minimum absolute atomic E-state index is 0.111. The van der Waals surface area contributed by atoms with Crippen LogP contribution < -0.4 is 5.73 Å². The number of carbonyl (C=O) groups is 2. The molecule has 1 atom stereocenters. The van der Waals surface area contributed by atoms with Crippen LogP contribution in [0.5, 0.6) is 0 Å². The maximum atomic E-state index is 12.3. The quantitative estimate of drug-likeness (QED) is 0.906. The van der Waals surface area contributed by atoms with Gasteiger partial charge >= 0.3 is 6.09 Å². The molecule has 0 bridgehead atoms. The van der Waals surface area contributed by atoms with E-state index in [1.807, 2.05) is 33.9 Å². The third-order valence-corrected chi connectivity index (χ3v) is 4.39. The fourth-order valence-electron chi connectivity index (χ4n) is 3.22. The molecular formula is C18H24N4O3. The lowest BCUT2D eigenvalue weighted by atomic mass is 10.00. The van der Waals surface area contributed by atoms with Crippen LogP contribution in [0.3, 0.4) is 0 Å². The van der Waals surface area contributed by atoms with Gasteiger partial charge in [0.25, 0.3) is 0 Å². The lowest BCUT2D eigenvalue weighted by Gasteiger charge is -2.24. The predicted octanol–water partition coefficient (Wildman–Crippen LogP) is 2.40. The van der Waals surface area contributed by atoms with Crippen molar-refractivity contribution in [2.45, 2.75) is 38.7 Å². The number of primary amides is 1. The largest absolute Gasteiger partial charge is 0.444 e. The van der Waals surface area contributed by atoms with Crippen molar-refractivity contribution in [2.75, 3.05) is 13.1 Å². The number of aryl methyl sites for hydroxylation is 1. The Kier molecular flexibility index (Phi) is 4.18. The molecule has 7 heteroatoms. The molecule has 7 nitrogen and oxygen atoms in total. The third kappa shape index (κ3) is 3.45. The Bertz CT molecular complexity index is 835. The van der Waals surface area contributed by atoms with E-state index in [0.29, 0.717) is 18.7 Å². The van der Waals surface area contributed by atoms with Crippen LogP contribution in [-0.4, -0.2) is 45.4 Å². The molecule has 0 aliphatic carbocycles. The van der Waals surface area contributed by atoms with Gasteiger partial charge in [-0.1, -0.05) is 0 Å². The number of rotatable bonds is 2. The van der Waals surface area contributed by atoms with Gasteiger partial charge in [0, 0.05) is 37.0 Å². The van der Waals surface area contributed by atoms with Crippen molar-refractivity contribution in [3.63, 3.8) is 0 Å². The maximum absolute atomic E-state index is 12.3. The summed E-state index contributed by atoms with van der Waals surface area (Å²) in [6.45, 7) is 6.76. The maximum Gasteiger partial charge on any atom is 0.410 e. The molecule has 0 unspecified atom stereocenters. The second-order valence-corrected chi connectivity index (χ2v) is 7.52. The van der Waals surface area contributed by atoms with E-state index in [4.69, 9.17) is 10.5 Å². The molecule has 134 valence electrons. The summed E-state index contributed by atoms with van der Waals surface area (Å²) in [6, 6.07) is 5.35. The number of amides is 2. The number of nitrogens with zero attached hydrogens (tertiary/aromatic N) is 3. The van der Waals surface area contributed by atoms with Crippen molar-refractivity contribution in [3.05, 3.63) is 29.5 Å². The van der Waals surface area contributed by atoms with E-state index in [1.165, 1.54) is 0 Å². The zero-order chi connectivity index (χ0) is 18.4. The minimum Gasteiger partial charge on any atom is -0.444 e. The number of benzene rings is 1. The highest BCUT2D eigenvalue weighted by Gasteiger charge is 2.32. The summed E-state index contributed by atoms with van der Waals surface area (Å²) in [5.74, 6) is -0.349. The molecule has 0 spiro atoms. The fourth-order valence-corrected chi connectivity index (χ4v) is 3.22. The number of aromatic nitrogens is 2. The number of ether oxygens (including phenoxy) is 1. The normalized spacial score (nSPS) is 17.9. The van der Waals surface area contributed by atoms with E-state index in [1.54, 1.807) is 21.7 Å². The van der Waals surface area contributed by atoms with Crippen molar-refractivity contribution in [2.24, 2.45) is 12.8 Å². The van der Waals surface area contributed by atoms with Gasteiger partial charge in [-0.2, -0.15) is 5.10 Å². The van der Waals surface area contributed by atoms with Crippen molar-refractivity contribution < 1.29 is 14.3 Å². The van der Waals surface area contributed by atoms with Gasteiger partial charge in [0.1, 0.15) is 5.60 Å². The minimum atomic E-state index is -0.511. The Morgan fingerprint density at radius 1 is 1.32 bits per heavy atom. The van der Waals surface area contributed by atoms with E-state index in [0.717, 1.165) is 23.0 Å². The third-order valence-electron chi connectivity index (χ3n) is 4.39. The molecule has 0 radical (unpaired) electrons. The number of nitrogens with two attached hydrogens (primary N) is 1. The number of carbonyl (C=O) groups excluding carboxylic acids is 2. The molecule has 1 saturated heterocycles. The van der Waals surface area contributed by atoms with Gasteiger partial charge in [0.05, 0.1) is 11.2 Å². The first-order chi connectivity index (χ1) is 11.7. The molecule has 1 fully saturated rings. The first-order valence-corrected chi connectivity index (χ1v) is 8.40. The zero-order valence-corrected chi connectivity index (χ0v) is 15.1. The zero-order valence-electron chi connectivity index (χ0n) is 15.1.